The second kappa shape index (κ2) is 39.6. The molecule has 4 unspecified atom stereocenters. The van der Waals surface area contributed by atoms with E-state index in [0.717, 1.165) is 57.8 Å². The van der Waals surface area contributed by atoms with Crippen molar-refractivity contribution in [3.05, 3.63) is 48.6 Å². The van der Waals surface area contributed by atoms with E-state index in [1.165, 1.54) is 96.3 Å². The Kier molecular flexibility index (Phi) is 38.5. The number of aliphatic hydroxyl groups excluding tert-OH is 2. The molecule has 54 heavy (non-hydrogen) atoms. The van der Waals surface area contributed by atoms with Crippen LogP contribution in [0.3, 0.4) is 0 Å². The molecule has 1 amide bonds. The Hall–Kier alpha value is -1.58. The minimum absolute atomic E-state index is 0.0395. The lowest BCUT2D eigenvalue weighted by atomic mass is 10.1. The maximum atomic E-state index is 12.8. The van der Waals surface area contributed by atoms with Crippen LogP contribution in [-0.2, 0) is 18.4 Å². The van der Waals surface area contributed by atoms with Gasteiger partial charge in [0.05, 0.1) is 37.9 Å². The summed E-state index contributed by atoms with van der Waals surface area (Å²) in [6.45, 7) is 3.92. The fourth-order valence-corrected chi connectivity index (χ4v) is 6.84. The molecule has 0 bridgehead atoms. The molecule has 0 spiro atoms. The van der Waals surface area contributed by atoms with Crippen LogP contribution >= 0.6 is 7.82 Å². The molecule has 316 valence electrons. The summed E-state index contributed by atoms with van der Waals surface area (Å²) in [5, 5.41) is 24.0. The topological polar surface area (TPSA) is 151 Å². The normalized spacial score (nSPS) is 15.1. The molecule has 0 rings (SSSR count). The zero-order valence-corrected chi connectivity index (χ0v) is 35.5. The number of carbonyl (C=O) groups is 1. The lowest BCUT2D eigenvalue weighted by Crippen LogP contribution is -2.46. The largest absolute Gasteiger partial charge is 0.472 e. The summed E-state index contributed by atoms with van der Waals surface area (Å²) >= 11 is 0. The Labute approximate surface area is 331 Å². The first-order chi connectivity index (χ1) is 26.3. The van der Waals surface area contributed by atoms with Gasteiger partial charge in [0.15, 0.2) is 0 Å². The quantitative estimate of drug-likeness (QED) is 0.0234. The van der Waals surface area contributed by atoms with Crippen molar-refractivity contribution in [2.24, 2.45) is 5.73 Å². The Morgan fingerprint density at radius 1 is 0.630 bits per heavy atom. The Bertz CT molecular complexity index is 1000. The highest BCUT2D eigenvalue weighted by molar-refractivity contribution is 7.47. The number of hydrogen-bond donors (Lipinski definition) is 5. The van der Waals surface area contributed by atoms with Crippen molar-refractivity contribution in [3.63, 3.8) is 0 Å². The SMILES string of the molecule is CCCCCCCCC/C=C\CCCCCC(O)CC(=O)NC(COP(=O)(O)OCCN)C(O)/C=C/CC/C=C/CC/C=C/CCCCCCCCCC. The number of unbranched alkanes of at least 4 members (excludes halogenated alkanes) is 20. The summed E-state index contributed by atoms with van der Waals surface area (Å²) in [6.07, 6.45) is 44.8. The third-order valence-corrected chi connectivity index (χ3v) is 10.4. The number of aliphatic hydroxyl groups is 2. The molecule has 10 heteroatoms. The van der Waals surface area contributed by atoms with Gasteiger partial charge in [-0.25, -0.2) is 4.57 Å². The van der Waals surface area contributed by atoms with Gasteiger partial charge in [-0.15, -0.1) is 0 Å². The van der Waals surface area contributed by atoms with E-state index in [1.54, 1.807) is 6.08 Å². The fraction of sp³-hybridized carbons (Fsp3) is 0.795. The van der Waals surface area contributed by atoms with Crippen molar-refractivity contribution in [1.82, 2.24) is 5.32 Å². The average Bonchev–Trinajstić information content (AvgIpc) is 3.15. The standard InChI is InChI=1S/C44H83N2O7P/c1-3-5-7-9-11-13-15-17-19-20-21-22-24-26-28-30-32-34-36-43(48)42(40-53-54(50,51)52-38-37-45)46-44(49)39-41(47)35-33-31-29-27-25-23-18-16-14-12-10-8-6-4-2/h20-21,23,25-26,28,34,36,41-43,47-48H,3-19,22,24,27,29-33,35,37-40,45H2,1-2H3,(H,46,49)(H,50,51)/b21-20+,25-23-,28-26+,36-34+. The molecule has 0 aromatic rings. The maximum Gasteiger partial charge on any atom is 0.472 e. The number of phosphoric acid groups is 1. The molecule has 0 aliphatic rings. The molecule has 0 saturated carbocycles. The van der Waals surface area contributed by atoms with Crippen LogP contribution in [0.25, 0.3) is 0 Å². The van der Waals surface area contributed by atoms with Crippen LogP contribution in [-0.4, -0.2) is 59.0 Å². The summed E-state index contributed by atoms with van der Waals surface area (Å²) in [7, 11) is -4.41. The minimum Gasteiger partial charge on any atom is -0.393 e. The third-order valence-electron chi connectivity index (χ3n) is 9.41. The third kappa shape index (κ3) is 37.3. The van der Waals surface area contributed by atoms with Gasteiger partial charge in [-0.3, -0.25) is 13.8 Å². The van der Waals surface area contributed by atoms with E-state index in [1.807, 2.05) is 6.08 Å². The molecule has 0 aromatic heterocycles. The monoisotopic (exact) mass is 783 g/mol. The van der Waals surface area contributed by atoms with Crippen molar-refractivity contribution in [2.45, 2.75) is 205 Å². The number of rotatable bonds is 40. The Morgan fingerprint density at radius 3 is 1.54 bits per heavy atom. The summed E-state index contributed by atoms with van der Waals surface area (Å²) < 4.78 is 22.0. The lowest BCUT2D eigenvalue weighted by Gasteiger charge is -2.24. The van der Waals surface area contributed by atoms with E-state index in [0.29, 0.717) is 12.8 Å². The Balaban J connectivity index is 4.44. The molecular weight excluding hydrogens is 699 g/mol. The van der Waals surface area contributed by atoms with Crippen molar-refractivity contribution in [1.29, 1.82) is 0 Å². The molecule has 4 atom stereocenters. The summed E-state index contributed by atoms with van der Waals surface area (Å²) in [5.41, 5.74) is 5.36. The number of allylic oxidation sites excluding steroid dienone is 7. The van der Waals surface area contributed by atoms with Gasteiger partial charge in [-0.05, 0) is 70.6 Å². The highest BCUT2D eigenvalue weighted by Gasteiger charge is 2.27. The van der Waals surface area contributed by atoms with Crippen LogP contribution in [0, 0.1) is 0 Å². The fourth-order valence-electron chi connectivity index (χ4n) is 6.08. The number of nitrogens with two attached hydrogens (primary N) is 1. The van der Waals surface area contributed by atoms with Crippen LogP contribution in [0.4, 0.5) is 0 Å². The van der Waals surface area contributed by atoms with E-state index in [-0.39, 0.29) is 19.6 Å². The minimum atomic E-state index is -4.41. The summed E-state index contributed by atoms with van der Waals surface area (Å²) in [5.74, 6) is -0.470. The number of phosphoric ester groups is 1. The molecule has 0 heterocycles. The van der Waals surface area contributed by atoms with Gasteiger partial charge in [0, 0.05) is 6.54 Å². The van der Waals surface area contributed by atoms with Gasteiger partial charge in [0.1, 0.15) is 0 Å². The molecule has 0 radical (unpaired) electrons. The first-order valence-electron chi connectivity index (χ1n) is 21.8. The van der Waals surface area contributed by atoms with Gasteiger partial charge in [0.2, 0.25) is 5.91 Å². The highest BCUT2D eigenvalue weighted by atomic mass is 31.2. The number of carbonyl (C=O) groups excluding carboxylic acids is 1. The van der Waals surface area contributed by atoms with Crippen molar-refractivity contribution in [2.75, 3.05) is 19.8 Å². The molecule has 0 aliphatic carbocycles. The number of amides is 1. The lowest BCUT2D eigenvalue weighted by molar-refractivity contribution is -0.124. The van der Waals surface area contributed by atoms with Crippen molar-refractivity contribution >= 4 is 13.7 Å². The van der Waals surface area contributed by atoms with Crippen LogP contribution in [0.1, 0.15) is 187 Å². The average molecular weight is 783 g/mol. The summed E-state index contributed by atoms with van der Waals surface area (Å²) in [6, 6.07) is -1.01. The van der Waals surface area contributed by atoms with Crippen molar-refractivity contribution in [3.8, 4) is 0 Å². The highest BCUT2D eigenvalue weighted by Crippen LogP contribution is 2.43. The van der Waals surface area contributed by atoms with E-state index < -0.39 is 38.6 Å². The molecule has 0 fully saturated rings. The van der Waals surface area contributed by atoms with E-state index in [2.05, 4.69) is 55.6 Å². The predicted octanol–water partition coefficient (Wildman–Crippen LogP) is 11.1. The van der Waals surface area contributed by atoms with Crippen LogP contribution in [0.5, 0.6) is 0 Å². The maximum absolute atomic E-state index is 12.8. The number of nitrogens with one attached hydrogen (secondary N) is 1. The molecular formula is C44H83N2O7P. The molecule has 6 N–H and O–H groups in total. The predicted molar refractivity (Wildman–Crippen MR) is 227 cm³/mol. The van der Waals surface area contributed by atoms with Crippen LogP contribution in [0.2, 0.25) is 0 Å². The second-order valence-electron chi connectivity index (χ2n) is 14.7. The molecule has 9 nitrogen and oxygen atoms in total. The van der Waals surface area contributed by atoms with E-state index in [9.17, 15) is 24.5 Å². The van der Waals surface area contributed by atoms with Crippen LogP contribution in [0.15, 0.2) is 48.6 Å². The zero-order chi connectivity index (χ0) is 39.8. The molecule has 0 saturated heterocycles. The van der Waals surface area contributed by atoms with Gasteiger partial charge < -0.3 is 26.2 Å². The summed E-state index contributed by atoms with van der Waals surface area (Å²) in [4.78, 5) is 22.7. The molecule has 0 aliphatic heterocycles. The van der Waals surface area contributed by atoms with Crippen molar-refractivity contribution < 1.29 is 33.5 Å². The Morgan fingerprint density at radius 2 is 1.06 bits per heavy atom. The van der Waals surface area contributed by atoms with Crippen LogP contribution < -0.4 is 11.1 Å². The van der Waals surface area contributed by atoms with Gasteiger partial charge >= 0.3 is 7.82 Å². The second-order valence-corrected chi connectivity index (χ2v) is 16.2. The first kappa shape index (κ1) is 52.4. The zero-order valence-electron chi connectivity index (χ0n) is 34.6. The smallest absolute Gasteiger partial charge is 0.393 e. The van der Waals surface area contributed by atoms with Gasteiger partial charge in [0.25, 0.3) is 0 Å². The first-order valence-corrected chi connectivity index (χ1v) is 23.3. The van der Waals surface area contributed by atoms with E-state index >= 15 is 0 Å². The number of hydrogen-bond acceptors (Lipinski definition) is 7. The molecule has 0 aromatic carbocycles. The van der Waals surface area contributed by atoms with E-state index in [4.69, 9.17) is 14.8 Å². The van der Waals surface area contributed by atoms with Gasteiger partial charge in [-0.1, -0.05) is 159 Å². The van der Waals surface area contributed by atoms with Gasteiger partial charge in [-0.2, -0.15) is 0 Å².